The fourth-order valence-electron chi connectivity index (χ4n) is 5.34. The van der Waals surface area contributed by atoms with E-state index in [1.54, 1.807) is 0 Å². The van der Waals surface area contributed by atoms with Gasteiger partial charge in [-0.2, -0.15) is 0 Å². The van der Waals surface area contributed by atoms with Crippen molar-refractivity contribution in [3.63, 3.8) is 0 Å². The number of aliphatic hydroxyl groups excluding tert-OH is 1. The van der Waals surface area contributed by atoms with Gasteiger partial charge in [0, 0.05) is 36.6 Å². The van der Waals surface area contributed by atoms with Crippen molar-refractivity contribution < 1.29 is 14.6 Å². The number of halogens is 1. The third kappa shape index (κ3) is 7.62. The molecule has 2 amide bonds. The Labute approximate surface area is 198 Å². The molecule has 1 aromatic carbocycles. The van der Waals surface area contributed by atoms with Crippen LogP contribution in [0, 0.1) is 11.8 Å². The summed E-state index contributed by atoms with van der Waals surface area (Å²) in [6.45, 7) is 2.45. The molecule has 0 radical (unpaired) electrons. The summed E-state index contributed by atoms with van der Waals surface area (Å²) >= 11 is 6.22. The van der Waals surface area contributed by atoms with Gasteiger partial charge in [-0.25, -0.2) is 4.79 Å². The zero-order chi connectivity index (χ0) is 22.8. The van der Waals surface area contributed by atoms with Crippen LogP contribution in [0.3, 0.4) is 0 Å². The van der Waals surface area contributed by atoms with Gasteiger partial charge < -0.3 is 25.4 Å². The van der Waals surface area contributed by atoms with Crippen LogP contribution >= 0.6 is 11.6 Å². The highest BCUT2D eigenvalue weighted by Gasteiger charge is 2.32. The monoisotopic (exact) mass is 465 g/mol. The van der Waals surface area contributed by atoms with E-state index in [1.165, 1.54) is 32.1 Å². The number of piperidine rings is 1. The lowest BCUT2D eigenvalue weighted by Crippen LogP contribution is -2.52. The quantitative estimate of drug-likeness (QED) is 0.479. The van der Waals surface area contributed by atoms with Crippen LogP contribution in [-0.2, 0) is 4.74 Å². The molecule has 0 bridgehead atoms. The number of urea groups is 1. The Morgan fingerprint density at radius 2 is 2.06 bits per heavy atom. The molecular weight excluding hydrogens is 426 g/mol. The third-order valence-corrected chi connectivity index (χ3v) is 7.09. The van der Waals surface area contributed by atoms with Gasteiger partial charge in [-0.1, -0.05) is 55.8 Å². The normalized spacial score (nSPS) is 21.8. The molecule has 32 heavy (non-hydrogen) atoms. The molecule has 180 valence electrons. The lowest BCUT2D eigenvalue weighted by molar-refractivity contribution is -0.0240. The van der Waals surface area contributed by atoms with Crippen LogP contribution in [0.1, 0.15) is 63.0 Å². The van der Waals surface area contributed by atoms with Gasteiger partial charge in [0.05, 0.1) is 19.3 Å². The molecule has 3 rings (SSSR count). The lowest BCUT2D eigenvalue weighted by atomic mass is 9.85. The molecule has 2 fully saturated rings. The second kappa shape index (κ2) is 13.4. The van der Waals surface area contributed by atoms with E-state index in [0.29, 0.717) is 11.6 Å². The molecule has 1 saturated heterocycles. The van der Waals surface area contributed by atoms with Gasteiger partial charge >= 0.3 is 6.03 Å². The van der Waals surface area contributed by atoms with Crippen LogP contribution in [0.2, 0.25) is 5.02 Å². The molecule has 1 aromatic rings. The van der Waals surface area contributed by atoms with E-state index >= 15 is 0 Å². The largest absolute Gasteiger partial charge is 0.394 e. The van der Waals surface area contributed by atoms with Crippen LogP contribution in [-0.4, -0.2) is 62.0 Å². The minimum atomic E-state index is -0.188. The van der Waals surface area contributed by atoms with Crippen LogP contribution < -0.4 is 10.6 Å². The van der Waals surface area contributed by atoms with Crippen molar-refractivity contribution in [2.75, 3.05) is 39.9 Å². The number of hydrogen-bond acceptors (Lipinski definition) is 4. The molecule has 1 aliphatic heterocycles. The summed E-state index contributed by atoms with van der Waals surface area (Å²) < 4.78 is 6.04. The van der Waals surface area contributed by atoms with Gasteiger partial charge in [-0.15, -0.1) is 0 Å². The number of rotatable bonds is 10. The number of likely N-dealkylation sites (tertiary alicyclic amines) is 1. The lowest BCUT2D eigenvalue weighted by Gasteiger charge is -2.38. The Balaban J connectivity index is 1.62. The number of amides is 2. The summed E-state index contributed by atoms with van der Waals surface area (Å²) in [5, 5.41) is 16.5. The Morgan fingerprint density at radius 3 is 2.78 bits per heavy atom. The van der Waals surface area contributed by atoms with Gasteiger partial charge in [-0.05, 0) is 49.9 Å². The third-order valence-electron chi connectivity index (χ3n) is 6.86. The Bertz CT molecular complexity index is 699. The molecule has 0 aromatic heterocycles. The van der Waals surface area contributed by atoms with Gasteiger partial charge in [-0.3, -0.25) is 0 Å². The molecule has 6 nitrogen and oxygen atoms in total. The molecule has 3 N–H and O–H groups in total. The number of likely N-dealkylation sites (N-methyl/N-ethyl adjacent to an activating group) is 1. The fourth-order valence-corrected chi connectivity index (χ4v) is 5.54. The van der Waals surface area contributed by atoms with Crippen molar-refractivity contribution in [3.8, 4) is 0 Å². The summed E-state index contributed by atoms with van der Waals surface area (Å²) in [6, 6.07) is 7.90. The van der Waals surface area contributed by atoms with E-state index in [9.17, 15) is 9.90 Å². The van der Waals surface area contributed by atoms with E-state index < -0.39 is 0 Å². The topological polar surface area (TPSA) is 73.8 Å². The van der Waals surface area contributed by atoms with E-state index in [-0.39, 0.29) is 37.3 Å². The first-order chi connectivity index (χ1) is 15.6. The van der Waals surface area contributed by atoms with Crippen molar-refractivity contribution in [2.24, 2.45) is 11.8 Å². The molecule has 3 atom stereocenters. The first-order valence-electron chi connectivity index (χ1n) is 12.3. The number of ether oxygens (including phenoxy) is 1. The maximum Gasteiger partial charge on any atom is 0.317 e. The first kappa shape index (κ1) is 25.3. The number of nitrogens with one attached hydrogen (secondary N) is 2. The van der Waals surface area contributed by atoms with E-state index in [1.807, 2.05) is 36.2 Å². The number of nitrogens with zero attached hydrogens (tertiary/aromatic N) is 1. The second-order valence-electron chi connectivity index (χ2n) is 9.36. The number of hydrogen-bond donors (Lipinski definition) is 3. The summed E-state index contributed by atoms with van der Waals surface area (Å²) in [6.07, 6.45) is 9.33. The van der Waals surface area contributed by atoms with Gasteiger partial charge in [0.25, 0.3) is 0 Å². The van der Waals surface area contributed by atoms with Crippen molar-refractivity contribution in [1.82, 2.24) is 15.5 Å². The van der Waals surface area contributed by atoms with E-state index in [4.69, 9.17) is 16.3 Å². The Hall–Kier alpha value is -1.34. The molecule has 2 aliphatic rings. The zero-order valence-electron chi connectivity index (χ0n) is 19.4. The standard InChI is InChI=1S/C25H40ClN3O3/c1-27-17-23(15-19-7-3-2-4-8-19)28-25(31)29-12-6-10-21(18-29)24(32-14-13-30)20-9-5-11-22(26)16-20/h5,9,11,16,19,21,23-24,27,30H,2-4,6-8,10,12-15,17-18H2,1H3,(H,28,31)/t21-,23+,24?/m1/s1. The molecule has 7 heteroatoms. The van der Waals surface area contributed by atoms with Crippen LogP contribution in [0.5, 0.6) is 0 Å². The highest BCUT2D eigenvalue weighted by atomic mass is 35.5. The maximum atomic E-state index is 13.2. The Kier molecular flexibility index (Phi) is 10.6. The summed E-state index contributed by atoms with van der Waals surface area (Å²) in [4.78, 5) is 15.1. The molecule has 1 unspecified atom stereocenters. The number of aliphatic hydroxyl groups is 1. The molecule has 1 heterocycles. The van der Waals surface area contributed by atoms with Crippen molar-refractivity contribution >= 4 is 17.6 Å². The number of carbonyl (C=O) groups excluding carboxylic acids is 1. The zero-order valence-corrected chi connectivity index (χ0v) is 20.2. The second-order valence-corrected chi connectivity index (χ2v) is 9.80. The van der Waals surface area contributed by atoms with E-state index in [0.717, 1.165) is 43.8 Å². The van der Waals surface area contributed by atoms with Crippen LogP contribution in [0.15, 0.2) is 24.3 Å². The average molecular weight is 466 g/mol. The van der Waals surface area contributed by atoms with Crippen molar-refractivity contribution in [3.05, 3.63) is 34.9 Å². The minimum Gasteiger partial charge on any atom is -0.394 e. The van der Waals surface area contributed by atoms with Crippen molar-refractivity contribution in [1.29, 1.82) is 0 Å². The summed E-state index contributed by atoms with van der Waals surface area (Å²) in [5.74, 6) is 0.885. The SMILES string of the molecule is CNC[C@H](CC1CCCCC1)NC(=O)N1CCC[C@@H](C(OCCO)c2cccc(Cl)c2)C1. The smallest absolute Gasteiger partial charge is 0.317 e. The maximum absolute atomic E-state index is 13.2. The molecular formula is C25H40ClN3O3. The van der Waals surface area contributed by atoms with Gasteiger partial charge in [0.1, 0.15) is 0 Å². The first-order valence-corrected chi connectivity index (χ1v) is 12.7. The highest BCUT2D eigenvalue weighted by Crippen LogP contribution is 2.34. The number of benzene rings is 1. The fraction of sp³-hybridized carbons (Fsp3) is 0.720. The van der Waals surface area contributed by atoms with Crippen LogP contribution in [0.25, 0.3) is 0 Å². The van der Waals surface area contributed by atoms with Crippen LogP contribution in [0.4, 0.5) is 4.79 Å². The predicted octanol–water partition coefficient (Wildman–Crippen LogP) is 4.37. The van der Waals surface area contributed by atoms with Crippen molar-refractivity contribution in [2.45, 2.75) is 63.5 Å². The molecule has 1 aliphatic carbocycles. The summed E-state index contributed by atoms with van der Waals surface area (Å²) in [7, 11) is 1.95. The van der Waals surface area contributed by atoms with E-state index in [2.05, 4.69) is 10.6 Å². The minimum absolute atomic E-state index is 0.0257. The number of carbonyl (C=O) groups is 1. The van der Waals surface area contributed by atoms with Gasteiger partial charge in [0.2, 0.25) is 0 Å². The molecule has 0 spiro atoms. The molecule has 1 saturated carbocycles. The van der Waals surface area contributed by atoms with Gasteiger partial charge in [0.15, 0.2) is 0 Å². The average Bonchev–Trinajstić information content (AvgIpc) is 2.80. The highest BCUT2D eigenvalue weighted by molar-refractivity contribution is 6.30. The predicted molar refractivity (Wildman–Crippen MR) is 129 cm³/mol. The summed E-state index contributed by atoms with van der Waals surface area (Å²) in [5.41, 5.74) is 1.00. The Morgan fingerprint density at radius 1 is 1.25 bits per heavy atom.